The van der Waals surface area contributed by atoms with Crippen molar-refractivity contribution in [2.24, 2.45) is 4.99 Å². The molecule has 1 aliphatic heterocycles. The largest absolute Gasteiger partial charge is 0.490 e. The number of nitriles is 1. The Morgan fingerprint density at radius 3 is 2.74 bits per heavy atom. The number of nitrogens with zero attached hydrogens (tertiary/aromatic N) is 3. The molecule has 7 heteroatoms. The van der Waals surface area contributed by atoms with Gasteiger partial charge >= 0.3 is 6.03 Å². The smallest absolute Gasteiger partial charge is 0.317 e. The summed E-state index contributed by atoms with van der Waals surface area (Å²) in [5, 5.41) is 13.6. The lowest BCUT2D eigenvalue weighted by Crippen LogP contribution is -2.39. The Hall–Kier alpha value is -3.24. The molecule has 0 aromatic heterocycles. The summed E-state index contributed by atoms with van der Waals surface area (Å²) in [7, 11) is 1.75. The van der Waals surface area contributed by atoms with Gasteiger partial charge in [-0.15, -0.1) is 0 Å². The molecule has 0 bridgehead atoms. The van der Waals surface area contributed by atoms with Crippen molar-refractivity contribution < 1.29 is 9.53 Å². The topological polar surface area (TPSA) is 77.7 Å². The van der Waals surface area contributed by atoms with Crippen molar-refractivity contribution in [1.29, 1.82) is 5.26 Å². The molecule has 1 N–H and O–H groups in total. The van der Waals surface area contributed by atoms with Crippen LogP contribution in [0.5, 0.6) is 5.75 Å². The highest BCUT2D eigenvalue weighted by Crippen LogP contribution is 2.40. The van der Waals surface area contributed by atoms with E-state index in [0.29, 0.717) is 11.3 Å². The highest BCUT2D eigenvalue weighted by Gasteiger charge is 2.29. The molecule has 1 saturated heterocycles. The molecule has 35 heavy (non-hydrogen) atoms. The summed E-state index contributed by atoms with van der Waals surface area (Å²) in [6.07, 6.45) is 3.95. The van der Waals surface area contributed by atoms with Crippen LogP contribution in [0.1, 0.15) is 67.0 Å². The lowest BCUT2D eigenvalue weighted by atomic mass is 10.0. The number of thioether (sulfide) groups is 1. The van der Waals surface area contributed by atoms with E-state index in [0.717, 1.165) is 59.8 Å². The number of benzene rings is 2. The fourth-order valence-electron chi connectivity index (χ4n) is 4.74. The van der Waals surface area contributed by atoms with Crippen LogP contribution in [0.2, 0.25) is 0 Å². The van der Waals surface area contributed by atoms with Crippen molar-refractivity contribution in [2.45, 2.75) is 51.7 Å². The molecule has 2 amide bonds. The van der Waals surface area contributed by atoms with Gasteiger partial charge in [-0.1, -0.05) is 36.5 Å². The van der Waals surface area contributed by atoms with Gasteiger partial charge in [0, 0.05) is 30.6 Å². The second-order valence-corrected chi connectivity index (χ2v) is 10.2. The summed E-state index contributed by atoms with van der Waals surface area (Å²) in [5.41, 5.74) is 4.85. The van der Waals surface area contributed by atoms with E-state index < -0.39 is 0 Å². The lowest BCUT2D eigenvalue weighted by Gasteiger charge is -2.21. The zero-order valence-corrected chi connectivity index (χ0v) is 21.5. The summed E-state index contributed by atoms with van der Waals surface area (Å²) in [6, 6.07) is 14.1. The number of rotatable bonds is 6. The first-order valence-electron chi connectivity index (χ1n) is 12.1. The zero-order valence-electron chi connectivity index (χ0n) is 20.6. The summed E-state index contributed by atoms with van der Waals surface area (Å²) in [6.45, 7) is 9.93. The van der Waals surface area contributed by atoms with Gasteiger partial charge in [0.15, 0.2) is 0 Å². The highest BCUT2D eigenvalue weighted by atomic mass is 32.2. The molecule has 1 fully saturated rings. The standard InChI is InChI=1S/C28H32N4O2S/c1-18(2)34-26-13-10-20(16-21(26)17-29)27(30-4)35-19(3)22-8-7-9-24-23(22)11-12-25(24)31-28(33)32-14-5-6-15-32/h7-10,13,16,18,25H,3,5-6,11-12,14-15H2,1-2,4H3,(H,31,33)/t25-/m0/s1. The third-order valence-corrected chi connectivity index (χ3v) is 7.47. The van der Waals surface area contributed by atoms with Gasteiger partial charge in [0.1, 0.15) is 16.9 Å². The summed E-state index contributed by atoms with van der Waals surface area (Å²) >= 11 is 1.50. The SMILES string of the molecule is C=C(SC(=NC)c1ccc(OC(C)C)c(C#N)c1)c1cccc2c1CC[C@@H]2NC(=O)N1CCCC1. The number of hydrogen-bond donors (Lipinski definition) is 1. The van der Waals surface area contributed by atoms with Crippen LogP contribution in [0.15, 0.2) is 48.0 Å². The third-order valence-electron chi connectivity index (χ3n) is 6.39. The van der Waals surface area contributed by atoms with E-state index in [1.165, 1.54) is 22.9 Å². The van der Waals surface area contributed by atoms with Crippen LogP contribution < -0.4 is 10.1 Å². The Morgan fingerprint density at radius 1 is 1.29 bits per heavy atom. The number of hydrogen-bond acceptors (Lipinski definition) is 5. The molecule has 0 unspecified atom stereocenters. The van der Waals surface area contributed by atoms with E-state index in [9.17, 15) is 10.1 Å². The van der Waals surface area contributed by atoms with E-state index in [1.807, 2.05) is 43.0 Å². The molecular weight excluding hydrogens is 456 g/mol. The number of urea groups is 1. The van der Waals surface area contributed by atoms with Crippen LogP contribution in [0.25, 0.3) is 4.91 Å². The second kappa shape index (κ2) is 11.0. The number of fused-ring (bicyclic) bond motifs is 1. The molecule has 2 aromatic rings. The molecule has 4 rings (SSSR count). The Morgan fingerprint density at radius 2 is 2.06 bits per heavy atom. The first-order chi connectivity index (χ1) is 16.9. The average molecular weight is 489 g/mol. The van der Waals surface area contributed by atoms with Gasteiger partial charge in [-0.25, -0.2) is 4.79 Å². The van der Waals surface area contributed by atoms with Crippen LogP contribution in [-0.2, 0) is 6.42 Å². The summed E-state index contributed by atoms with van der Waals surface area (Å²) in [4.78, 5) is 19.9. The molecule has 2 aliphatic rings. The maximum absolute atomic E-state index is 12.7. The number of amides is 2. The van der Waals surface area contributed by atoms with E-state index >= 15 is 0 Å². The monoisotopic (exact) mass is 488 g/mol. The van der Waals surface area contributed by atoms with E-state index in [4.69, 9.17) is 4.74 Å². The minimum absolute atomic E-state index is 0.00875. The van der Waals surface area contributed by atoms with Crippen molar-refractivity contribution in [2.75, 3.05) is 20.1 Å². The number of aliphatic imine (C=N–C) groups is 1. The van der Waals surface area contributed by atoms with Gasteiger partial charge in [-0.05, 0) is 74.4 Å². The molecule has 0 radical (unpaired) electrons. The minimum Gasteiger partial charge on any atom is -0.490 e. The van der Waals surface area contributed by atoms with Gasteiger partial charge in [0.2, 0.25) is 0 Å². The first kappa shape index (κ1) is 24.9. The van der Waals surface area contributed by atoms with Crippen molar-refractivity contribution in [3.05, 3.63) is 70.8 Å². The number of likely N-dealkylation sites (tertiary alicyclic amines) is 1. The van der Waals surface area contributed by atoms with Crippen LogP contribution in [0, 0.1) is 11.3 Å². The fourth-order valence-corrected chi connectivity index (χ4v) is 5.61. The zero-order chi connectivity index (χ0) is 24.9. The Balaban J connectivity index is 1.51. The number of ether oxygens (including phenoxy) is 1. The maximum Gasteiger partial charge on any atom is 0.317 e. The molecule has 182 valence electrons. The average Bonchev–Trinajstić information content (AvgIpc) is 3.53. The quantitative estimate of drug-likeness (QED) is 0.404. The molecule has 2 aromatic carbocycles. The van der Waals surface area contributed by atoms with Crippen LogP contribution in [-0.4, -0.2) is 42.2 Å². The predicted octanol–water partition coefficient (Wildman–Crippen LogP) is 5.92. The lowest BCUT2D eigenvalue weighted by molar-refractivity contribution is 0.204. The Labute approximate surface area is 212 Å². The second-order valence-electron chi connectivity index (χ2n) is 9.15. The summed E-state index contributed by atoms with van der Waals surface area (Å²) < 4.78 is 5.76. The van der Waals surface area contributed by atoms with E-state index in [2.05, 4.69) is 35.1 Å². The molecule has 1 heterocycles. The van der Waals surface area contributed by atoms with Crippen molar-refractivity contribution in [1.82, 2.24) is 10.2 Å². The molecule has 0 saturated carbocycles. The Bertz CT molecular complexity index is 1190. The van der Waals surface area contributed by atoms with Gasteiger partial charge in [-0.3, -0.25) is 4.99 Å². The number of nitrogens with one attached hydrogen (secondary N) is 1. The molecule has 6 nitrogen and oxygen atoms in total. The Kier molecular flexibility index (Phi) is 7.82. The van der Waals surface area contributed by atoms with E-state index in [-0.39, 0.29) is 18.2 Å². The van der Waals surface area contributed by atoms with Gasteiger partial charge < -0.3 is 15.0 Å². The van der Waals surface area contributed by atoms with Crippen LogP contribution in [0.4, 0.5) is 4.79 Å². The van der Waals surface area contributed by atoms with Crippen molar-refractivity contribution >= 4 is 27.7 Å². The third kappa shape index (κ3) is 5.54. The van der Waals surface area contributed by atoms with Crippen molar-refractivity contribution in [3.63, 3.8) is 0 Å². The molecule has 1 atom stereocenters. The van der Waals surface area contributed by atoms with Gasteiger partial charge in [0.05, 0.1) is 17.7 Å². The molecular formula is C28H32N4O2S. The van der Waals surface area contributed by atoms with Crippen LogP contribution in [0.3, 0.4) is 0 Å². The van der Waals surface area contributed by atoms with Gasteiger partial charge in [0.25, 0.3) is 0 Å². The highest BCUT2D eigenvalue weighted by molar-refractivity contribution is 8.22. The van der Waals surface area contributed by atoms with E-state index in [1.54, 1.807) is 7.05 Å². The normalized spacial score (nSPS) is 17.3. The predicted molar refractivity (Wildman–Crippen MR) is 143 cm³/mol. The number of carbonyl (C=O) groups excluding carboxylic acids is 1. The molecule has 1 aliphatic carbocycles. The van der Waals surface area contributed by atoms with Gasteiger partial charge in [-0.2, -0.15) is 5.26 Å². The van der Waals surface area contributed by atoms with Crippen LogP contribution >= 0.6 is 11.8 Å². The fraction of sp³-hybridized carbons (Fsp3) is 0.393. The minimum atomic E-state index is -0.00875. The number of carbonyl (C=O) groups is 1. The summed E-state index contributed by atoms with van der Waals surface area (Å²) in [5.74, 6) is 0.577. The maximum atomic E-state index is 12.7. The first-order valence-corrected chi connectivity index (χ1v) is 12.9. The molecule has 0 spiro atoms. The van der Waals surface area contributed by atoms with Crippen molar-refractivity contribution in [3.8, 4) is 11.8 Å².